The summed E-state index contributed by atoms with van der Waals surface area (Å²) in [5.41, 5.74) is 1.17. The highest BCUT2D eigenvalue weighted by atomic mass is 19.2. The average Bonchev–Trinajstić information content (AvgIpc) is 3.62. The molecule has 6 unspecified atom stereocenters. The Balaban J connectivity index is 1.57. The van der Waals surface area contributed by atoms with Crippen molar-refractivity contribution in [1.82, 2.24) is 4.90 Å². The van der Waals surface area contributed by atoms with Crippen molar-refractivity contribution in [3.63, 3.8) is 0 Å². The minimum Gasteiger partial charge on any atom is -0.394 e. The van der Waals surface area contributed by atoms with Crippen molar-refractivity contribution in [2.45, 2.75) is 101 Å². The molecule has 0 amide bonds. The Labute approximate surface area is 270 Å². The van der Waals surface area contributed by atoms with Crippen LogP contribution >= 0.6 is 0 Å². The van der Waals surface area contributed by atoms with Crippen LogP contribution in [0.2, 0.25) is 0 Å². The number of aliphatic hydroxyl groups excluding tert-OH is 3. The van der Waals surface area contributed by atoms with Crippen LogP contribution < -0.4 is 0 Å². The van der Waals surface area contributed by atoms with Crippen molar-refractivity contribution in [1.29, 1.82) is 0 Å². The van der Waals surface area contributed by atoms with Crippen molar-refractivity contribution in [3.8, 4) is 0 Å². The van der Waals surface area contributed by atoms with E-state index in [9.17, 15) is 34.0 Å². The number of fused-ring (bicyclic) bond motifs is 8. The Kier molecular flexibility index (Phi) is 11.1. The quantitative estimate of drug-likeness (QED) is 0.224. The summed E-state index contributed by atoms with van der Waals surface area (Å²) in [6, 6.07) is 8.78. The van der Waals surface area contributed by atoms with Gasteiger partial charge in [-0.05, 0) is 106 Å². The number of benzene rings is 2. The number of ketones is 1. The van der Waals surface area contributed by atoms with Crippen LogP contribution in [0.15, 0.2) is 48.0 Å². The third kappa shape index (κ3) is 7.61. The van der Waals surface area contributed by atoms with E-state index in [1.54, 1.807) is 6.07 Å². The lowest BCUT2D eigenvalue weighted by molar-refractivity contribution is -0.0945. The molecule has 6 atom stereocenters. The Bertz CT molecular complexity index is 1410. The van der Waals surface area contributed by atoms with Crippen molar-refractivity contribution >= 4 is 5.78 Å². The predicted octanol–water partition coefficient (Wildman–Crippen LogP) is 5.07. The molecule has 1 heterocycles. The number of rotatable bonds is 9. The first kappa shape index (κ1) is 34.8. The van der Waals surface area contributed by atoms with Gasteiger partial charge in [0.2, 0.25) is 0 Å². The van der Waals surface area contributed by atoms with Crippen LogP contribution in [0.3, 0.4) is 0 Å². The van der Waals surface area contributed by atoms with Crippen molar-refractivity contribution in [2.24, 2.45) is 5.41 Å². The monoisotopic (exact) mass is 641 g/mol. The lowest BCUT2D eigenvalue weighted by Gasteiger charge is -2.46. The average molecular weight is 642 g/mol. The maximum atomic E-state index is 14.3. The van der Waals surface area contributed by atoms with Crippen molar-refractivity contribution in [3.05, 3.63) is 81.9 Å². The van der Waals surface area contributed by atoms with Crippen LogP contribution in [-0.4, -0.2) is 87.9 Å². The van der Waals surface area contributed by atoms with Gasteiger partial charge in [0.25, 0.3) is 0 Å². The third-order valence-corrected chi connectivity index (χ3v) is 10.7. The molecule has 252 valence electrons. The van der Waals surface area contributed by atoms with Gasteiger partial charge in [-0.25, -0.2) is 8.78 Å². The van der Waals surface area contributed by atoms with Crippen molar-refractivity contribution in [2.75, 3.05) is 32.8 Å². The topological polar surface area (TPSA) is 110 Å². The second kappa shape index (κ2) is 14.7. The van der Waals surface area contributed by atoms with Gasteiger partial charge in [-0.3, -0.25) is 9.69 Å². The van der Waals surface area contributed by atoms with Gasteiger partial charge >= 0.3 is 0 Å². The number of nitrogens with zero attached hydrogens (tertiary/aromatic N) is 1. The molecular formula is C37H49F2NO6. The normalized spacial score (nSPS) is 29.4. The standard InChI is InChI=1S/C37H49F2NO6/c1-24-5-3-14-36(2)32(13-15-37(36,45)23-40(20-28(43)22-41)21-29-6-4-16-46-29)30-11-8-25(17-27(42)10-7-24)18-31(30)35(44)26-9-12-33(38)34(39)19-26/h5,8-9,11-12,18-19,27-29,32,41-43,45H,3-4,6-7,10,13-17,20-23H2,1-2H3. The number of halogens is 2. The SMILES string of the molecule is CC1=CCCC2(C)C(CCC2(O)CN(CC(O)CO)CC2CCCO2)c2ccc(cc2C(=O)c2ccc(F)c(F)c2)CC(O)CC1. The zero-order chi connectivity index (χ0) is 33.1. The summed E-state index contributed by atoms with van der Waals surface area (Å²) >= 11 is 0. The van der Waals surface area contributed by atoms with E-state index in [4.69, 9.17) is 4.74 Å². The molecule has 3 aliphatic carbocycles. The number of hydrogen-bond donors (Lipinski definition) is 4. The number of hydrogen-bond acceptors (Lipinski definition) is 7. The summed E-state index contributed by atoms with van der Waals surface area (Å²) in [6.07, 6.45) is 6.42. The van der Waals surface area contributed by atoms with Gasteiger partial charge in [0, 0.05) is 42.8 Å². The maximum absolute atomic E-state index is 14.3. The number of allylic oxidation sites excluding steroid dienone is 2. The van der Waals surface area contributed by atoms with Crippen LogP contribution in [0, 0.1) is 17.0 Å². The van der Waals surface area contributed by atoms with Gasteiger partial charge in [-0.2, -0.15) is 0 Å². The van der Waals surface area contributed by atoms with Crippen LogP contribution in [-0.2, 0) is 11.2 Å². The summed E-state index contributed by atoms with van der Waals surface area (Å²) < 4.78 is 34.0. The van der Waals surface area contributed by atoms with Gasteiger partial charge in [0.15, 0.2) is 17.4 Å². The summed E-state index contributed by atoms with van der Waals surface area (Å²) in [7, 11) is 0. The molecule has 0 spiro atoms. The number of ether oxygens (including phenoxy) is 1. The molecule has 4 N–H and O–H groups in total. The minimum absolute atomic E-state index is 0.0164. The molecule has 2 aromatic rings. The van der Waals surface area contributed by atoms with Crippen molar-refractivity contribution < 1.29 is 38.7 Å². The molecule has 0 aromatic heterocycles. The van der Waals surface area contributed by atoms with Gasteiger partial charge in [0.1, 0.15) is 0 Å². The molecule has 2 bridgehead atoms. The third-order valence-electron chi connectivity index (χ3n) is 10.7. The highest BCUT2D eigenvalue weighted by molar-refractivity contribution is 6.10. The van der Waals surface area contributed by atoms with E-state index < -0.39 is 40.6 Å². The largest absolute Gasteiger partial charge is 0.394 e. The second-order valence-electron chi connectivity index (χ2n) is 14.1. The number of aliphatic hydroxyl groups is 4. The zero-order valence-corrected chi connectivity index (χ0v) is 27.1. The van der Waals surface area contributed by atoms with Gasteiger partial charge in [-0.15, -0.1) is 0 Å². The van der Waals surface area contributed by atoms with E-state index in [1.807, 2.05) is 17.0 Å². The first-order valence-electron chi connectivity index (χ1n) is 16.7. The van der Waals surface area contributed by atoms with E-state index in [0.29, 0.717) is 57.2 Å². The molecule has 2 aromatic carbocycles. The molecule has 4 aliphatic rings. The second-order valence-corrected chi connectivity index (χ2v) is 14.1. The molecule has 1 saturated carbocycles. The number of carbonyl (C=O) groups excluding carboxylic acids is 1. The number of carbonyl (C=O) groups is 1. The first-order valence-corrected chi connectivity index (χ1v) is 16.7. The molecule has 46 heavy (non-hydrogen) atoms. The highest BCUT2D eigenvalue weighted by Gasteiger charge is 2.57. The van der Waals surface area contributed by atoms with E-state index in [1.165, 1.54) is 11.6 Å². The van der Waals surface area contributed by atoms with E-state index in [-0.39, 0.29) is 37.3 Å². The van der Waals surface area contributed by atoms with Crippen LogP contribution in [0.1, 0.15) is 98.2 Å². The van der Waals surface area contributed by atoms with E-state index in [2.05, 4.69) is 19.9 Å². The molecule has 1 saturated heterocycles. The fourth-order valence-corrected chi connectivity index (χ4v) is 8.00. The highest BCUT2D eigenvalue weighted by Crippen LogP contribution is 2.59. The Morgan fingerprint density at radius 1 is 1.11 bits per heavy atom. The first-order chi connectivity index (χ1) is 21.9. The smallest absolute Gasteiger partial charge is 0.193 e. The summed E-state index contributed by atoms with van der Waals surface area (Å²) in [5.74, 6) is -2.81. The summed E-state index contributed by atoms with van der Waals surface area (Å²) in [5, 5.41) is 43.6. The molecule has 0 radical (unpaired) electrons. The Morgan fingerprint density at radius 3 is 2.63 bits per heavy atom. The predicted molar refractivity (Wildman–Crippen MR) is 172 cm³/mol. The van der Waals surface area contributed by atoms with Crippen LogP contribution in [0.4, 0.5) is 8.78 Å². The Hall–Kier alpha value is -2.53. The van der Waals surface area contributed by atoms with Gasteiger partial charge in [-0.1, -0.05) is 30.7 Å². The minimum atomic E-state index is -1.21. The van der Waals surface area contributed by atoms with E-state index >= 15 is 0 Å². The van der Waals surface area contributed by atoms with Crippen LogP contribution in [0.25, 0.3) is 0 Å². The fraction of sp³-hybridized carbons (Fsp3) is 0.595. The fourth-order valence-electron chi connectivity index (χ4n) is 8.00. The molecule has 9 heteroatoms. The molecule has 1 aliphatic heterocycles. The summed E-state index contributed by atoms with van der Waals surface area (Å²) in [4.78, 5) is 16.1. The lowest BCUT2D eigenvalue weighted by atomic mass is 9.64. The van der Waals surface area contributed by atoms with Gasteiger partial charge < -0.3 is 25.2 Å². The lowest BCUT2D eigenvalue weighted by Crippen LogP contribution is -2.55. The molecule has 2 fully saturated rings. The maximum Gasteiger partial charge on any atom is 0.193 e. The van der Waals surface area contributed by atoms with Gasteiger partial charge in [0.05, 0.1) is 30.5 Å². The van der Waals surface area contributed by atoms with Crippen LogP contribution in [0.5, 0.6) is 0 Å². The summed E-state index contributed by atoms with van der Waals surface area (Å²) in [6.45, 7) is 5.41. The Morgan fingerprint density at radius 2 is 1.91 bits per heavy atom. The molecule has 6 rings (SSSR count). The molecule has 7 nitrogen and oxygen atoms in total. The van der Waals surface area contributed by atoms with E-state index in [0.717, 1.165) is 42.5 Å². The molecular weight excluding hydrogens is 592 g/mol. The zero-order valence-electron chi connectivity index (χ0n) is 27.1.